The molecule has 108 valence electrons. The molecule has 1 N–H and O–H groups in total. The number of carbonyl (C=O) groups excluding carboxylic acids is 1. The van der Waals surface area contributed by atoms with Crippen molar-refractivity contribution in [2.24, 2.45) is 0 Å². The molecule has 1 heterocycles. The summed E-state index contributed by atoms with van der Waals surface area (Å²) < 4.78 is 20.0. The predicted octanol–water partition coefficient (Wildman–Crippen LogP) is 1.85. The fourth-order valence-corrected chi connectivity index (χ4v) is 2.19. The zero-order chi connectivity index (χ0) is 14.8. The van der Waals surface area contributed by atoms with E-state index < -0.39 is 24.1 Å². The van der Waals surface area contributed by atoms with E-state index in [1.165, 1.54) is 4.90 Å². The number of benzene rings is 1. The van der Waals surface area contributed by atoms with Gasteiger partial charge in [-0.3, -0.25) is 4.79 Å². The summed E-state index contributed by atoms with van der Waals surface area (Å²) >= 11 is 3.28. The Bertz CT molecular complexity index is 522. The molecule has 1 aliphatic heterocycles. The van der Waals surface area contributed by atoms with Crippen molar-refractivity contribution in [2.45, 2.75) is 12.1 Å². The Labute approximate surface area is 123 Å². The Morgan fingerprint density at radius 2 is 2.05 bits per heavy atom. The first-order chi connectivity index (χ1) is 9.40. The van der Waals surface area contributed by atoms with Gasteiger partial charge in [-0.1, -0.05) is 15.9 Å². The largest absolute Gasteiger partial charge is 0.484 e. The van der Waals surface area contributed by atoms with Crippen molar-refractivity contribution < 1.29 is 23.8 Å². The Balaban J connectivity index is 1.87. The zero-order valence-corrected chi connectivity index (χ0v) is 12.1. The van der Waals surface area contributed by atoms with E-state index in [0.29, 0.717) is 5.75 Å². The molecule has 1 aliphatic rings. The number of hydrogen-bond acceptors (Lipinski definition) is 3. The maximum Gasteiger partial charge on any atom is 0.343 e. The number of rotatable bonds is 4. The summed E-state index contributed by atoms with van der Waals surface area (Å²) in [6, 6.07) is 6.93. The van der Waals surface area contributed by atoms with Crippen molar-refractivity contribution in [1.29, 1.82) is 0 Å². The second kappa shape index (κ2) is 5.78. The van der Waals surface area contributed by atoms with Crippen LogP contribution in [0.15, 0.2) is 28.7 Å². The highest BCUT2D eigenvalue weighted by molar-refractivity contribution is 9.10. The molecule has 1 fully saturated rings. The van der Waals surface area contributed by atoms with Gasteiger partial charge in [0.05, 0.1) is 6.54 Å². The Morgan fingerprint density at radius 3 is 2.60 bits per heavy atom. The molecule has 2 rings (SSSR count). The van der Waals surface area contributed by atoms with Gasteiger partial charge >= 0.3 is 5.97 Å². The molecular weight excluding hydrogens is 333 g/mol. The average molecular weight is 346 g/mol. The van der Waals surface area contributed by atoms with Crippen LogP contribution in [0.4, 0.5) is 4.39 Å². The molecule has 0 bridgehead atoms. The van der Waals surface area contributed by atoms with Gasteiger partial charge in [0.2, 0.25) is 5.67 Å². The van der Waals surface area contributed by atoms with E-state index in [9.17, 15) is 14.0 Å². The van der Waals surface area contributed by atoms with E-state index in [0.717, 1.165) is 4.47 Å². The number of carboxylic acids is 1. The van der Waals surface area contributed by atoms with Gasteiger partial charge in [-0.25, -0.2) is 9.18 Å². The number of nitrogens with zero attached hydrogens (tertiary/aromatic N) is 1. The van der Waals surface area contributed by atoms with E-state index in [1.807, 2.05) is 0 Å². The molecule has 1 amide bonds. The summed E-state index contributed by atoms with van der Waals surface area (Å²) in [4.78, 5) is 23.8. The van der Waals surface area contributed by atoms with Gasteiger partial charge < -0.3 is 14.7 Å². The van der Waals surface area contributed by atoms with E-state index in [4.69, 9.17) is 9.84 Å². The van der Waals surface area contributed by atoms with Crippen LogP contribution in [0.3, 0.4) is 0 Å². The van der Waals surface area contributed by atoms with Gasteiger partial charge in [0, 0.05) is 17.4 Å². The van der Waals surface area contributed by atoms with Crippen molar-refractivity contribution >= 4 is 27.8 Å². The van der Waals surface area contributed by atoms with Crippen LogP contribution >= 0.6 is 15.9 Å². The smallest absolute Gasteiger partial charge is 0.343 e. The SMILES string of the molecule is O=C(COc1ccc(Br)cc1)N1CCC(F)(C(=O)O)C1. The summed E-state index contributed by atoms with van der Waals surface area (Å²) in [5.41, 5.74) is -2.34. The number of likely N-dealkylation sites (tertiary alicyclic amines) is 1. The van der Waals surface area contributed by atoms with Gasteiger partial charge in [0.25, 0.3) is 5.91 Å². The summed E-state index contributed by atoms with van der Waals surface area (Å²) in [6.45, 7) is -0.576. The summed E-state index contributed by atoms with van der Waals surface area (Å²) in [7, 11) is 0. The molecule has 1 atom stereocenters. The highest BCUT2D eigenvalue weighted by atomic mass is 79.9. The van der Waals surface area contributed by atoms with Crippen LogP contribution in [-0.2, 0) is 9.59 Å². The Kier molecular flexibility index (Phi) is 4.27. The normalized spacial score (nSPS) is 21.8. The molecule has 5 nitrogen and oxygen atoms in total. The van der Waals surface area contributed by atoms with Crippen LogP contribution in [0.1, 0.15) is 6.42 Å². The predicted molar refractivity (Wildman–Crippen MR) is 72.3 cm³/mol. The molecule has 0 aromatic heterocycles. The van der Waals surface area contributed by atoms with Gasteiger partial charge in [0.1, 0.15) is 5.75 Å². The molecule has 1 aromatic carbocycles. The molecule has 1 aromatic rings. The minimum Gasteiger partial charge on any atom is -0.484 e. The number of amides is 1. The second-order valence-corrected chi connectivity index (χ2v) is 5.49. The lowest BCUT2D eigenvalue weighted by molar-refractivity contribution is -0.150. The standard InChI is InChI=1S/C13H13BrFNO4/c14-9-1-3-10(4-2-9)20-7-11(17)16-6-5-13(15,8-16)12(18)19/h1-4H,5-8H2,(H,18,19). The lowest BCUT2D eigenvalue weighted by Crippen LogP contribution is -2.40. The quantitative estimate of drug-likeness (QED) is 0.904. The summed E-state index contributed by atoms with van der Waals surface area (Å²) in [6.07, 6.45) is -0.188. The molecule has 0 saturated carbocycles. The monoisotopic (exact) mass is 345 g/mol. The fraction of sp³-hybridized carbons (Fsp3) is 0.385. The zero-order valence-electron chi connectivity index (χ0n) is 10.5. The van der Waals surface area contributed by atoms with E-state index in [2.05, 4.69) is 15.9 Å². The molecule has 0 aliphatic carbocycles. The molecule has 0 radical (unpaired) electrons. The van der Waals surface area contributed by atoms with Gasteiger partial charge in [0.15, 0.2) is 6.61 Å². The maximum atomic E-state index is 13.8. The van der Waals surface area contributed by atoms with Gasteiger partial charge in [-0.15, -0.1) is 0 Å². The van der Waals surface area contributed by atoms with Gasteiger partial charge in [-0.2, -0.15) is 0 Å². The van der Waals surface area contributed by atoms with Crippen LogP contribution in [-0.4, -0.2) is 47.2 Å². The number of aliphatic carboxylic acids is 1. The van der Waals surface area contributed by atoms with Crippen molar-refractivity contribution in [3.63, 3.8) is 0 Å². The third-order valence-corrected chi connectivity index (χ3v) is 3.66. The van der Waals surface area contributed by atoms with Crippen molar-refractivity contribution in [2.75, 3.05) is 19.7 Å². The summed E-state index contributed by atoms with van der Waals surface area (Å²) in [5.74, 6) is -1.43. The second-order valence-electron chi connectivity index (χ2n) is 4.58. The van der Waals surface area contributed by atoms with Crippen LogP contribution in [0.25, 0.3) is 0 Å². The number of ether oxygens (including phenoxy) is 1. The Morgan fingerprint density at radius 1 is 1.40 bits per heavy atom. The fourth-order valence-electron chi connectivity index (χ4n) is 1.93. The van der Waals surface area contributed by atoms with Crippen molar-refractivity contribution in [3.8, 4) is 5.75 Å². The molecule has 7 heteroatoms. The maximum absolute atomic E-state index is 13.8. The number of alkyl halides is 1. The van der Waals surface area contributed by atoms with E-state index >= 15 is 0 Å². The highest BCUT2D eigenvalue weighted by Gasteiger charge is 2.46. The Hall–Kier alpha value is -1.63. The highest BCUT2D eigenvalue weighted by Crippen LogP contribution is 2.26. The van der Waals surface area contributed by atoms with Crippen LogP contribution in [0.2, 0.25) is 0 Å². The molecular formula is C13H13BrFNO4. The summed E-state index contributed by atoms with van der Waals surface area (Å²) in [5, 5.41) is 8.76. The number of carboxylic acid groups (broad SMARTS) is 1. The minimum atomic E-state index is -2.34. The number of hydrogen-bond donors (Lipinski definition) is 1. The lowest BCUT2D eigenvalue weighted by Gasteiger charge is -2.17. The van der Waals surface area contributed by atoms with E-state index in [-0.39, 0.29) is 19.6 Å². The first-order valence-electron chi connectivity index (χ1n) is 5.99. The van der Waals surface area contributed by atoms with Crippen LogP contribution < -0.4 is 4.74 Å². The van der Waals surface area contributed by atoms with Crippen LogP contribution in [0.5, 0.6) is 5.75 Å². The topological polar surface area (TPSA) is 66.8 Å². The van der Waals surface area contributed by atoms with Crippen LogP contribution in [0, 0.1) is 0 Å². The van der Waals surface area contributed by atoms with Crippen molar-refractivity contribution in [1.82, 2.24) is 4.90 Å². The average Bonchev–Trinajstić information content (AvgIpc) is 2.82. The first kappa shape index (κ1) is 14.8. The third kappa shape index (κ3) is 3.27. The molecule has 1 saturated heterocycles. The van der Waals surface area contributed by atoms with Gasteiger partial charge in [-0.05, 0) is 24.3 Å². The minimum absolute atomic E-state index is 0.0886. The molecule has 1 unspecified atom stereocenters. The number of carbonyl (C=O) groups is 2. The van der Waals surface area contributed by atoms with E-state index in [1.54, 1.807) is 24.3 Å². The third-order valence-electron chi connectivity index (χ3n) is 3.13. The first-order valence-corrected chi connectivity index (χ1v) is 6.78. The molecule has 0 spiro atoms. The number of halogens is 2. The molecule has 20 heavy (non-hydrogen) atoms. The van der Waals surface area contributed by atoms with Crippen molar-refractivity contribution in [3.05, 3.63) is 28.7 Å². The lowest BCUT2D eigenvalue weighted by atomic mass is 10.1.